The molecule has 0 amide bonds. The van der Waals surface area contributed by atoms with Crippen molar-refractivity contribution < 1.29 is 15.0 Å². The van der Waals surface area contributed by atoms with Crippen LogP contribution in [0.2, 0.25) is 0 Å². The monoisotopic (exact) mass is 181 g/mol. The zero-order valence-corrected chi connectivity index (χ0v) is 7.03. The van der Waals surface area contributed by atoms with E-state index < -0.39 is 11.6 Å². The van der Waals surface area contributed by atoms with E-state index in [0.29, 0.717) is 5.56 Å². The van der Waals surface area contributed by atoms with Crippen LogP contribution in [0.1, 0.15) is 18.4 Å². The van der Waals surface area contributed by atoms with Gasteiger partial charge in [-0.1, -0.05) is 0 Å². The van der Waals surface area contributed by atoms with Crippen LogP contribution in [0.5, 0.6) is 0 Å². The number of carbonyl (C=O) groups is 1. The summed E-state index contributed by atoms with van der Waals surface area (Å²) in [6.45, 7) is 0. The molecule has 0 bridgehead atoms. The lowest BCUT2D eigenvalue weighted by molar-refractivity contribution is -0.162. The van der Waals surface area contributed by atoms with Crippen LogP contribution in [-0.2, 0) is 10.4 Å². The van der Waals surface area contributed by atoms with Crippen molar-refractivity contribution in [2.24, 2.45) is 5.92 Å². The van der Waals surface area contributed by atoms with Gasteiger partial charge in [-0.15, -0.1) is 0 Å². The summed E-state index contributed by atoms with van der Waals surface area (Å²) in [7, 11) is 0. The van der Waals surface area contributed by atoms with Gasteiger partial charge >= 0.3 is 5.97 Å². The van der Waals surface area contributed by atoms with E-state index in [1.807, 2.05) is 0 Å². The van der Waals surface area contributed by atoms with Crippen molar-refractivity contribution in [3.05, 3.63) is 24.0 Å². The molecular formula is C9H11NO3. The molecule has 0 aromatic carbocycles. The molecule has 1 heterocycles. The van der Waals surface area contributed by atoms with Crippen molar-refractivity contribution in [2.45, 2.75) is 18.4 Å². The number of carboxylic acid groups (broad SMARTS) is 1. The third-order valence-electron chi connectivity index (χ3n) is 2.53. The molecule has 1 atom stereocenters. The Morgan fingerprint density at radius 1 is 1.62 bits per heavy atom. The molecule has 0 saturated heterocycles. The topological polar surface area (TPSA) is 73.3 Å². The molecule has 70 valence electrons. The Morgan fingerprint density at radius 3 is 2.69 bits per heavy atom. The quantitative estimate of drug-likeness (QED) is 0.642. The van der Waals surface area contributed by atoms with E-state index in [1.165, 1.54) is 6.20 Å². The van der Waals surface area contributed by atoms with Crippen molar-refractivity contribution in [1.29, 1.82) is 0 Å². The molecule has 0 aliphatic heterocycles. The van der Waals surface area contributed by atoms with Gasteiger partial charge in [0.05, 0.1) is 0 Å². The van der Waals surface area contributed by atoms with Crippen molar-refractivity contribution >= 4 is 5.97 Å². The van der Waals surface area contributed by atoms with Crippen LogP contribution < -0.4 is 0 Å². The first kappa shape index (κ1) is 8.31. The van der Waals surface area contributed by atoms with Gasteiger partial charge in [0.15, 0.2) is 5.60 Å². The Bertz CT molecular complexity index is 316. The van der Waals surface area contributed by atoms with Gasteiger partial charge in [-0.05, 0) is 18.9 Å². The molecular weight excluding hydrogens is 170 g/mol. The van der Waals surface area contributed by atoms with Crippen LogP contribution in [0.25, 0.3) is 0 Å². The van der Waals surface area contributed by atoms with Gasteiger partial charge in [0.2, 0.25) is 0 Å². The van der Waals surface area contributed by atoms with E-state index >= 15 is 0 Å². The molecule has 1 aliphatic carbocycles. The lowest BCUT2D eigenvalue weighted by atomic mass is 9.91. The summed E-state index contributed by atoms with van der Waals surface area (Å²) in [5.74, 6) is -1.28. The molecule has 4 nitrogen and oxygen atoms in total. The fraction of sp³-hybridized carbons (Fsp3) is 0.444. The van der Waals surface area contributed by atoms with Gasteiger partial charge in [-0.3, -0.25) is 0 Å². The van der Waals surface area contributed by atoms with Crippen LogP contribution in [0.4, 0.5) is 0 Å². The maximum Gasteiger partial charge on any atom is 0.340 e. The standard InChI is InChI=1S/C9H11NO3/c11-8(12)9(13,6-1-2-6)7-3-4-10-5-7/h3-6,10,13H,1-2H2,(H,11,12). The predicted octanol–water partition coefficient (Wildman–Crippen LogP) is 0.697. The highest BCUT2D eigenvalue weighted by atomic mass is 16.4. The lowest BCUT2D eigenvalue weighted by Gasteiger charge is -2.21. The lowest BCUT2D eigenvalue weighted by Crippen LogP contribution is -2.37. The second kappa shape index (κ2) is 2.60. The number of H-pyrrole nitrogens is 1. The number of carboxylic acids is 1. The summed E-state index contributed by atoms with van der Waals surface area (Å²) in [5.41, 5.74) is -1.23. The smallest absolute Gasteiger partial charge is 0.340 e. The number of aliphatic hydroxyl groups is 1. The number of nitrogens with one attached hydrogen (secondary N) is 1. The molecule has 1 aromatic heterocycles. The van der Waals surface area contributed by atoms with Gasteiger partial charge in [-0.25, -0.2) is 4.79 Å². The first-order chi connectivity index (χ1) is 6.15. The number of rotatable bonds is 3. The third-order valence-corrected chi connectivity index (χ3v) is 2.53. The van der Waals surface area contributed by atoms with E-state index in [4.69, 9.17) is 5.11 Å². The van der Waals surface area contributed by atoms with E-state index in [9.17, 15) is 9.90 Å². The molecule has 1 unspecified atom stereocenters. The number of hydrogen-bond donors (Lipinski definition) is 3. The third kappa shape index (κ3) is 1.14. The molecule has 2 rings (SSSR count). The second-order valence-electron chi connectivity index (χ2n) is 3.45. The molecule has 4 heteroatoms. The summed E-state index contributed by atoms with van der Waals surface area (Å²) in [5, 5.41) is 18.9. The minimum Gasteiger partial charge on any atom is -0.479 e. The van der Waals surface area contributed by atoms with Gasteiger partial charge in [-0.2, -0.15) is 0 Å². The first-order valence-electron chi connectivity index (χ1n) is 4.24. The fourth-order valence-corrected chi connectivity index (χ4v) is 1.60. The molecule has 1 fully saturated rings. The largest absolute Gasteiger partial charge is 0.479 e. The summed E-state index contributed by atoms with van der Waals surface area (Å²) < 4.78 is 0. The average molecular weight is 181 g/mol. The Labute approximate surface area is 75.2 Å². The van der Waals surface area contributed by atoms with Crippen LogP contribution >= 0.6 is 0 Å². The highest BCUT2D eigenvalue weighted by Gasteiger charge is 2.51. The van der Waals surface area contributed by atoms with Gasteiger partial charge in [0.25, 0.3) is 0 Å². The SMILES string of the molecule is O=C(O)C(O)(c1cc[nH]c1)C1CC1. The summed E-state index contributed by atoms with van der Waals surface area (Å²) in [6, 6.07) is 1.60. The van der Waals surface area contributed by atoms with Crippen molar-refractivity contribution in [3.63, 3.8) is 0 Å². The maximum atomic E-state index is 10.9. The Kier molecular flexibility index (Phi) is 1.66. The van der Waals surface area contributed by atoms with Crippen molar-refractivity contribution in [3.8, 4) is 0 Å². The molecule has 1 aromatic rings. The van der Waals surface area contributed by atoms with E-state index in [1.54, 1.807) is 12.3 Å². The first-order valence-corrected chi connectivity index (χ1v) is 4.24. The normalized spacial score (nSPS) is 21.0. The molecule has 3 N–H and O–H groups in total. The number of aromatic nitrogens is 1. The molecule has 0 radical (unpaired) electrons. The Balaban J connectivity index is 2.38. The van der Waals surface area contributed by atoms with E-state index in [-0.39, 0.29) is 5.92 Å². The molecule has 0 spiro atoms. The van der Waals surface area contributed by atoms with Crippen LogP contribution in [-0.4, -0.2) is 21.2 Å². The van der Waals surface area contributed by atoms with Gasteiger partial charge in [0, 0.05) is 23.9 Å². The van der Waals surface area contributed by atoms with Crippen LogP contribution in [0, 0.1) is 5.92 Å². The minimum absolute atomic E-state index is 0.124. The number of aromatic amines is 1. The summed E-state index contributed by atoms with van der Waals surface area (Å²) in [6.07, 6.45) is 4.72. The zero-order valence-electron chi connectivity index (χ0n) is 7.03. The van der Waals surface area contributed by atoms with Crippen molar-refractivity contribution in [1.82, 2.24) is 4.98 Å². The highest BCUT2D eigenvalue weighted by Crippen LogP contribution is 2.45. The number of aliphatic carboxylic acids is 1. The summed E-state index contributed by atoms with van der Waals surface area (Å²) in [4.78, 5) is 13.7. The Hall–Kier alpha value is -1.29. The average Bonchev–Trinajstić information content (AvgIpc) is 2.80. The summed E-state index contributed by atoms with van der Waals surface area (Å²) >= 11 is 0. The predicted molar refractivity (Wildman–Crippen MR) is 45.0 cm³/mol. The van der Waals surface area contributed by atoms with E-state index in [2.05, 4.69) is 4.98 Å². The maximum absolute atomic E-state index is 10.9. The number of hydrogen-bond acceptors (Lipinski definition) is 2. The van der Waals surface area contributed by atoms with Gasteiger partial charge in [0.1, 0.15) is 0 Å². The van der Waals surface area contributed by atoms with Crippen molar-refractivity contribution in [2.75, 3.05) is 0 Å². The molecule has 13 heavy (non-hydrogen) atoms. The fourth-order valence-electron chi connectivity index (χ4n) is 1.60. The molecule has 1 aliphatic rings. The van der Waals surface area contributed by atoms with Crippen LogP contribution in [0.3, 0.4) is 0 Å². The van der Waals surface area contributed by atoms with Crippen LogP contribution in [0.15, 0.2) is 18.5 Å². The zero-order chi connectivity index (χ0) is 9.47. The minimum atomic E-state index is -1.68. The van der Waals surface area contributed by atoms with Gasteiger partial charge < -0.3 is 15.2 Å². The Morgan fingerprint density at radius 2 is 2.31 bits per heavy atom. The highest BCUT2D eigenvalue weighted by molar-refractivity contribution is 5.80. The van der Waals surface area contributed by atoms with E-state index in [0.717, 1.165) is 12.8 Å². The molecule has 1 saturated carbocycles. The second-order valence-corrected chi connectivity index (χ2v) is 3.45.